The molecule has 3 aromatic rings. The minimum atomic E-state index is 0.0260. The maximum Gasteiger partial charge on any atom is 0.251 e. The molecule has 1 aliphatic heterocycles. The number of aromatic amines is 1. The third-order valence-corrected chi connectivity index (χ3v) is 7.31. The van der Waals surface area contributed by atoms with Crippen molar-refractivity contribution in [1.82, 2.24) is 20.5 Å². The molecule has 3 N–H and O–H groups in total. The van der Waals surface area contributed by atoms with Gasteiger partial charge in [0.2, 0.25) is 0 Å². The number of carbonyl (C=O) groups is 1. The minimum absolute atomic E-state index is 0.0260. The highest BCUT2D eigenvalue weighted by Crippen LogP contribution is 2.35. The van der Waals surface area contributed by atoms with Crippen LogP contribution in [0.15, 0.2) is 42.5 Å². The van der Waals surface area contributed by atoms with Crippen LogP contribution in [0.2, 0.25) is 5.02 Å². The number of hydrogen-bond acceptors (Lipinski definition) is 3. The standard InChI is InChI=1S/C27H33ClN4O/c28-21-6-3-5-19(17-21)11-12-29-25-8-4-7-22-23-18-20(9-10-24(23)31-26(22)25)27(33)30-13-16-32-14-1-2-15-32/h3,5-6,9-10,17-18,25,29,31H,1-2,4,7-8,11-16H2,(H,30,33). The lowest BCUT2D eigenvalue weighted by Gasteiger charge is -2.24. The number of likely N-dealkylation sites (tertiary alicyclic amines) is 1. The fraction of sp³-hybridized carbons (Fsp3) is 0.444. The number of rotatable bonds is 8. The zero-order chi connectivity index (χ0) is 22.6. The summed E-state index contributed by atoms with van der Waals surface area (Å²) in [6.07, 6.45) is 6.84. The molecule has 1 unspecified atom stereocenters. The molecular formula is C27H33ClN4O. The molecule has 2 aromatic carbocycles. The van der Waals surface area contributed by atoms with Gasteiger partial charge in [0, 0.05) is 46.3 Å². The van der Waals surface area contributed by atoms with Gasteiger partial charge in [-0.05, 0) is 99.6 Å². The average molecular weight is 465 g/mol. The van der Waals surface area contributed by atoms with Crippen molar-refractivity contribution >= 4 is 28.4 Å². The van der Waals surface area contributed by atoms with E-state index in [1.54, 1.807) is 0 Å². The highest BCUT2D eigenvalue weighted by atomic mass is 35.5. The van der Waals surface area contributed by atoms with E-state index in [1.807, 2.05) is 24.3 Å². The van der Waals surface area contributed by atoms with E-state index in [0.717, 1.165) is 68.0 Å². The number of fused-ring (bicyclic) bond motifs is 3. The van der Waals surface area contributed by atoms with Crippen molar-refractivity contribution in [1.29, 1.82) is 0 Å². The van der Waals surface area contributed by atoms with Crippen molar-refractivity contribution in [3.8, 4) is 0 Å². The molecule has 5 rings (SSSR count). The quantitative estimate of drug-likeness (QED) is 0.446. The first-order chi connectivity index (χ1) is 16.2. The van der Waals surface area contributed by atoms with Gasteiger partial charge in [-0.3, -0.25) is 4.79 Å². The number of benzene rings is 2. The molecule has 2 heterocycles. The molecule has 33 heavy (non-hydrogen) atoms. The summed E-state index contributed by atoms with van der Waals surface area (Å²) < 4.78 is 0. The largest absolute Gasteiger partial charge is 0.357 e. The molecule has 2 aliphatic rings. The summed E-state index contributed by atoms with van der Waals surface area (Å²) in [7, 11) is 0. The summed E-state index contributed by atoms with van der Waals surface area (Å²) in [6, 6.07) is 14.5. The average Bonchev–Trinajstić information content (AvgIpc) is 3.47. The van der Waals surface area contributed by atoms with Crippen LogP contribution in [0.1, 0.15) is 58.9 Å². The molecule has 1 atom stereocenters. The Bertz CT molecular complexity index is 1120. The van der Waals surface area contributed by atoms with E-state index < -0.39 is 0 Å². The van der Waals surface area contributed by atoms with Crippen molar-refractivity contribution in [2.45, 2.75) is 44.6 Å². The zero-order valence-corrected chi connectivity index (χ0v) is 19.9. The van der Waals surface area contributed by atoms with Crippen LogP contribution in [0.25, 0.3) is 10.9 Å². The molecule has 174 valence electrons. The van der Waals surface area contributed by atoms with Gasteiger partial charge in [-0.15, -0.1) is 0 Å². The molecule has 0 spiro atoms. The summed E-state index contributed by atoms with van der Waals surface area (Å²) in [5, 5.41) is 8.83. The van der Waals surface area contributed by atoms with Gasteiger partial charge in [-0.1, -0.05) is 23.7 Å². The number of aromatic nitrogens is 1. The first kappa shape index (κ1) is 22.5. The Hall–Kier alpha value is -2.34. The topological polar surface area (TPSA) is 60.2 Å². The number of nitrogens with one attached hydrogen (secondary N) is 3. The van der Waals surface area contributed by atoms with Gasteiger partial charge in [0.15, 0.2) is 0 Å². The minimum Gasteiger partial charge on any atom is -0.357 e. The highest BCUT2D eigenvalue weighted by molar-refractivity contribution is 6.30. The fourth-order valence-electron chi connectivity index (χ4n) is 5.33. The molecule has 5 nitrogen and oxygen atoms in total. The number of nitrogens with zero attached hydrogens (tertiary/aromatic N) is 1. The molecule has 0 saturated carbocycles. The van der Waals surface area contributed by atoms with Crippen LogP contribution >= 0.6 is 11.6 Å². The third-order valence-electron chi connectivity index (χ3n) is 7.08. The Labute approximate surface area is 200 Å². The van der Waals surface area contributed by atoms with Crippen LogP contribution in [-0.4, -0.2) is 48.5 Å². The Morgan fingerprint density at radius 2 is 1.97 bits per heavy atom. The fourth-order valence-corrected chi connectivity index (χ4v) is 5.54. The molecule has 1 saturated heterocycles. The van der Waals surface area contributed by atoms with Crippen LogP contribution in [-0.2, 0) is 12.8 Å². The molecule has 0 bridgehead atoms. The van der Waals surface area contributed by atoms with Crippen LogP contribution < -0.4 is 10.6 Å². The highest BCUT2D eigenvalue weighted by Gasteiger charge is 2.24. The molecule has 0 radical (unpaired) electrons. The van der Waals surface area contributed by atoms with E-state index >= 15 is 0 Å². The van der Waals surface area contributed by atoms with Gasteiger partial charge in [-0.2, -0.15) is 0 Å². The van der Waals surface area contributed by atoms with E-state index in [0.29, 0.717) is 12.6 Å². The Morgan fingerprint density at radius 1 is 1.09 bits per heavy atom. The van der Waals surface area contributed by atoms with Gasteiger partial charge < -0.3 is 20.5 Å². The predicted octanol–water partition coefficient (Wildman–Crippen LogP) is 4.86. The first-order valence-corrected chi connectivity index (χ1v) is 12.7. The summed E-state index contributed by atoms with van der Waals surface area (Å²) >= 11 is 6.12. The molecule has 6 heteroatoms. The van der Waals surface area contributed by atoms with Crippen molar-refractivity contribution in [2.24, 2.45) is 0 Å². The van der Waals surface area contributed by atoms with Gasteiger partial charge in [-0.25, -0.2) is 0 Å². The lowest BCUT2D eigenvalue weighted by Crippen LogP contribution is -2.33. The monoisotopic (exact) mass is 464 g/mol. The number of amides is 1. The molecule has 1 fully saturated rings. The van der Waals surface area contributed by atoms with Crippen molar-refractivity contribution in [3.05, 3.63) is 69.9 Å². The number of halogens is 1. The second-order valence-corrected chi connectivity index (χ2v) is 9.80. The van der Waals surface area contributed by atoms with Gasteiger partial charge in [0.1, 0.15) is 0 Å². The smallest absolute Gasteiger partial charge is 0.251 e. The van der Waals surface area contributed by atoms with Crippen molar-refractivity contribution < 1.29 is 4.79 Å². The Kier molecular flexibility index (Phi) is 7.00. The Morgan fingerprint density at radius 3 is 2.82 bits per heavy atom. The number of hydrogen-bond donors (Lipinski definition) is 3. The van der Waals surface area contributed by atoms with Crippen LogP contribution in [0, 0.1) is 0 Å². The summed E-state index contributed by atoms with van der Waals surface area (Å²) in [6.45, 7) is 4.87. The number of carbonyl (C=O) groups excluding carboxylic acids is 1. The summed E-state index contributed by atoms with van der Waals surface area (Å²) in [5.74, 6) is 0.0260. The van der Waals surface area contributed by atoms with Crippen LogP contribution in [0.3, 0.4) is 0 Å². The van der Waals surface area contributed by atoms with E-state index in [2.05, 4.69) is 38.7 Å². The van der Waals surface area contributed by atoms with E-state index in [4.69, 9.17) is 11.6 Å². The normalized spacial score (nSPS) is 18.5. The van der Waals surface area contributed by atoms with Crippen molar-refractivity contribution in [3.63, 3.8) is 0 Å². The van der Waals surface area contributed by atoms with E-state index in [-0.39, 0.29) is 5.91 Å². The van der Waals surface area contributed by atoms with Gasteiger partial charge >= 0.3 is 0 Å². The van der Waals surface area contributed by atoms with Crippen LogP contribution in [0.4, 0.5) is 0 Å². The number of aryl methyl sites for hydroxylation is 1. The maximum atomic E-state index is 12.8. The van der Waals surface area contributed by atoms with Crippen molar-refractivity contribution in [2.75, 3.05) is 32.7 Å². The second-order valence-electron chi connectivity index (χ2n) is 9.36. The van der Waals surface area contributed by atoms with Gasteiger partial charge in [0.25, 0.3) is 5.91 Å². The number of H-pyrrole nitrogens is 1. The molecule has 1 aliphatic carbocycles. The Balaban J connectivity index is 1.24. The lowest BCUT2D eigenvalue weighted by atomic mass is 9.91. The maximum absolute atomic E-state index is 12.8. The predicted molar refractivity (Wildman–Crippen MR) is 135 cm³/mol. The zero-order valence-electron chi connectivity index (χ0n) is 19.1. The lowest BCUT2D eigenvalue weighted by molar-refractivity contribution is 0.0950. The summed E-state index contributed by atoms with van der Waals surface area (Å²) in [5.41, 5.74) is 5.78. The van der Waals surface area contributed by atoms with Gasteiger partial charge in [0.05, 0.1) is 0 Å². The summed E-state index contributed by atoms with van der Waals surface area (Å²) in [4.78, 5) is 18.8. The SMILES string of the molecule is O=C(NCCN1CCCC1)c1ccc2[nH]c3c(c2c1)CCCC3NCCc1cccc(Cl)c1. The molecule has 1 amide bonds. The van der Waals surface area contributed by atoms with Crippen LogP contribution in [0.5, 0.6) is 0 Å². The molecule has 1 aromatic heterocycles. The first-order valence-electron chi connectivity index (χ1n) is 12.3. The van der Waals surface area contributed by atoms with E-state index in [9.17, 15) is 4.79 Å². The second kappa shape index (κ2) is 10.3. The third kappa shape index (κ3) is 5.26. The van der Waals surface area contributed by atoms with E-state index in [1.165, 1.54) is 35.0 Å². The molecular weight excluding hydrogens is 432 g/mol.